The van der Waals surface area contributed by atoms with Gasteiger partial charge in [0.1, 0.15) is 6.04 Å². The molecule has 7 heteroatoms. The molecule has 0 aromatic heterocycles. The Labute approximate surface area is 116 Å². The van der Waals surface area contributed by atoms with E-state index in [9.17, 15) is 14.4 Å². The van der Waals surface area contributed by atoms with Crippen LogP contribution in [0.2, 0.25) is 0 Å². The van der Waals surface area contributed by atoms with E-state index < -0.39 is 23.9 Å². The largest absolute Gasteiger partial charge is 0.465 e. The van der Waals surface area contributed by atoms with E-state index in [1.54, 1.807) is 43.1 Å². The van der Waals surface area contributed by atoms with Gasteiger partial charge in [-0.25, -0.2) is 9.59 Å². The molecule has 0 aliphatic carbocycles. The molecule has 0 heterocycles. The number of methoxy groups -OCH3 is 1. The molecule has 0 aliphatic rings. The quantitative estimate of drug-likeness (QED) is 0.781. The average molecular weight is 279 g/mol. The molecule has 3 amide bonds. The number of urea groups is 1. The van der Waals surface area contributed by atoms with Crippen molar-refractivity contribution in [1.82, 2.24) is 5.32 Å². The Morgan fingerprint density at radius 3 is 2.45 bits per heavy atom. The number of hydrogen-bond acceptors (Lipinski definition) is 5. The van der Waals surface area contributed by atoms with Crippen LogP contribution in [-0.4, -0.2) is 38.1 Å². The Kier molecular flexibility index (Phi) is 5.08. The molecular formula is C13H17N3O4. The summed E-state index contributed by atoms with van der Waals surface area (Å²) in [6.07, 6.45) is 0. The van der Waals surface area contributed by atoms with E-state index >= 15 is 0 Å². The first-order chi connectivity index (χ1) is 9.38. The molecule has 0 saturated carbocycles. The van der Waals surface area contributed by atoms with E-state index in [-0.39, 0.29) is 0 Å². The lowest BCUT2D eigenvalue weighted by Crippen LogP contribution is -2.47. The molecule has 20 heavy (non-hydrogen) atoms. The Hall–Kier alpha value is -2.57. The SMILES string of the molecule is COC(=O)c1ccccc1N(C)C(C)C(=O)NC(N)=O. The monoisotopic (exact) mass is 279 g/mol. The number of imide groups is 1. The number of ether oxygens (including phenoxy) is 1. The number of carbonyl (C=O) groups is 3. The van der Waals surface area contributed by atoms with Crippen LogP contribution in [0.25, 0.3) is 0 Å². The van der Waals surface area contributed by atoms with Crippen LogP contribution in [0.3, 0.4) is 0 Å². The lowest BCUT2D eigenvalue weighted by molar-refractivity contribution is -0.120. The maximum Gasteiger partial charge on any atom is 0.339 e. The summed E-state index contributed by atoms with van der Waals surface area (Å²) in [6.45, 7) is 1.59. The van der Waals surface area contributed by atoms with E-state index in [1.807, 2.05) is 5.32 Å². The van der Waals surface area contributed by atoms with Crippen LogP contribution in [0.15, 0.2) is 24.3 Å². The molecule has 7 nitrogen and oxygen atoms in total. The lowest BCUT2D eigenvalue weighted by Gasteiger charge is -2.27. The first-order valence-corrected chi connectivity index (χ1v) is 5.89. The third-order valence-corrected chi connectivity index (χ3v) is 2.90. The number of nitrogens with one attached hydrogen (secondary N) is 1. The van der Waals surface area contributed by atoms with Crippen molar-refractivity contribution in [2.75, 3.05) is 19.1 Å². The number of esters is 1. The summed E-state index contributed by atoms with van der Waals surface area (Å²) in [7, 11) is 2.91. The highest BCUT2D eigenvalue weighted by Gasteiger charge is 2.23. The maximum atomic E-state index is 11.7. The van der Waals surface area contributed by atoms with Gasteiger partial charge in [-0.15, -0.1) is 0 Å². The summed E-state index contributed by atoms with van der Waals surface area (Å²) in [4.78, 5) is 35.7. The maximum absolute atomic E-state index is 11.7. The fourth-order valence-corrected chi connectivity index (χ4v) is 1.67. The molecule has 1 atom stereocenters. The molecule has 0 radical (unpaired) electrons. The van der Waals surface area contributed by atoms with Crippen molar-refractivity contribution in [2.45, 2.75) is 13.0 Å². The smallest absolute Gasteiger partial charge is 0.339 e. The van der Waals surface area contributed by atoms with Gasteiger partial charge in [-0.1, -0.05) is 12.1 Å². The van der Waals surface area contributed by atoms with Gasteiger partial charge in [0, 0.05) is 7.05 Å². The van der Waals surface area contributed by atoms with Crippen LogP contribution in [0, 0.1) is 0 Å². The van der Waals surface area contributed by atoms with Gasteiger partial charge in [-0.3, -0.25) is 10.1 Å². The van der Waals surface area contributed by atoms with Gasteiger partial charge in [-0.05, 0) is 19.1 Å². The zero-order valence-electron chi connectivity index (χ0n) is 11.5. The Morgan fingerprint density at radius 2 is 1.90 bits per heavy atom. The predicted octanol–water partition coefficient (Wildman–Crippen LogP) is 0.493. The normalized spacial score (nSPS) is 11.3. The van der Waals surface area contributed by atoms with E-state index in [2.05, 4.69) is 0 Å². The molecule has 1 rings (SSSR count). The molecule has 0 bridgehead atoms. The van der Waals surface area contributed by atoms with Crippen molar-refractivity contribution >= 4 is 23.6 Å². The van der Waals surface area contributed by atoms with Crippen LogP contribution < -0.4 is 16.0 Å². The number of nitrogens with zero attached hydrogens (tertiary/aromatic N) is 1. The van der Waals surface area contributed by atoms with Gasteiger partial charge >= 0.3 is 12.0 Å². The summed E-state index contributed by atoms with van der Waals surface area (Å²) < 4.78 is 4.69. The average Bonchev–Trinajstić information content (AvgIpc) is 2.44. The number of nitrogens with two attached hydrogens (primary N) is 1. The number of para-hydroxylation sites is 1. The topological polar surface area (TPSA) is 102 Å². The van der Waals surface area contributed by atoms with Crippen molar-refractivity contribution < 1.29 is 19.1 Å². The zero-order chi connectivity index (χ0) is 15.3. The molecule has 108 valence electrons. The molecular weight excluding hydrogens is 262 g/mol. The minimum absolute atomic E-state index is 0.330. The van der Waals surface area contributed by atoms with Crippen LogP contribution in [-0.2, 0) is 9.53 Å². The standard InChI is InChI=1S/C13H17N3O4/c1-8(11(17)15-13(14)19)16(2)10-7-5-4-6-9(10)12(18)20-3/h4-8H,1-3H3,(H3,14,15,17,19). The van der Waals surface area contributed by atoms with Gasteiger partial charge in [0.25, 0.3) is 0 Å². The summed E-state index contributed by atoms with van der Waals surface area (Å²) >= 11 is 0. The van der Waals surface area contributed by atoms with E-state index in [0.717, 1.165) is 0 Å². The number of likely N-dealkylation sites (N-methyl/N-ethyl adjacent to an activating group) is 1. The number of anilines is 1. The van der Waals surface area contributed by atoms with Gasteiger partial charge in [0.15, 0.2) is 0 Å². The van der Waals surface area contributed by atoms with Gasteiger partial charge in [0.2, 0.25) is 5.91 Å². The van der Waals surface area contributed by atoms with E-state index in [1.165, 1.54) is 7.11 Å². The van der Waals surface area contributed by atoms with Crippen molar-refractivity contribution in [2.24, 2.45) is 5.73 Å². The number of primary amides is 1. The Morgan fingerprint density at radius 1 is 1.30 bits per heavy atom. The Bertz CT molecular complexity index is 530. The van der Waals surface area contributed by atoms with E-state index in [0.29, 0.717) is 11.3 Å². The summed E-state index contributed by atoms with van der Waals surface area (Å²) in [5, 5.41) is 2.00. The first-order valence-electron chi connectivity index (χ1n) is 5.89. The summed E-state index contributed by atoms with van der Waals surface area (Å²) in [5.41, 5.74) is 5.76. The highest BCUT2D eigenvalue weighted by Crippen LogP contribution is 2.21. The van der Waals surface area contributed by atoms with Crippen LogP contribution in [0.5, 0.6) is 0 Å². The highest BCUT2D eigenvalue weighted by atomic mass is 16.5. The van der Waals surface area contributed by atoms with Crippen LogP contribution in [0.1, 0.15) is 17.3 Å². The summed E-state index contributed by atoms with van der Waals surface area (Å²) in [6, 6.07) is 5.09. The number of benzene rings is 1. The highest BCUT2D eigenvalue weighted by molar-refractivity contribution is 6.00. The molecule has 1 aromatic carbocycles. The number of amides is 3. The van der Waals surface area contributed by atoms with Gasteiger partial charge in [-0.2, -0.15) is 0 Å². The van der Waals surface area contributed by atoms with Crippen LogP contribution >= 0.6 is 0 Å². The second-order valence-corrected chi connectivity index (χ2v) is 4.15. The van der Waals surface area contributed by atoms with Gasteiger partial charge in [0.05, 0.1) is 18.4 Å². The Balaban J connectivity index is 3.02. The third-order valence-electron chi connectivity index (χ3n) is 2.90. The molecule has 0 fully saturated rings. The van der Waals surface area contributed by atoms with Crippen LogP contribution in [0.4, 0.5) is 10.5 Å². The first kappa shape index (κ1) is 15.5. The van der Waals surface area contributed by atoms with Gasteiger partial charge < -0.3 is 15.4 Å². The molecule has 3 N–H and O–H groups in total. The lowest BCUT2D eigenvalue weighted by atomic mass is 10.1. The van der Waals surface area contributed by atoms with Crippen molar-refractivity contribution in [3.63, 3.8) is 0 Å². The molecule has 1 aromatic rings. The number of rotatable bonds is 4. The second-order valence-electron chi connectivity index (χ2n) is 4.15. The molecule has 0 saturated heterocycles. The van der Waals surface area contributed by atoms with Crippen molar-refractivity contribution in [1.29, 1.82) is 0 Å². The fraction of sp³-hybridized carbons (Fsp3) is 0.308. The van der Waals surface area contributed by atoms with Crippen molar-refractivity contribution in [3.8, 4) is 0 Å². The molecule has 0 spiro atoms. The number of carbonyl (C=O) groups excluding carboxylic acids is 3. The molecule has 1 unspecified atom stereocenters. The van der Waals surface area contributed by atoms with E-state index in [4.69, 9.17) is 10.5 Å². The fourth-order valence-electron chi connectivity index (χ4n) is 1.67. The molecule has 0 aliphatic heterocycles. The third kappa shape index (κ3) is 3.47. The summed E-state index contributed by atoms with van der Waals surface area (Å²) in [5.74, 6) is -1.06. The number of hydrogen-bond donors (Lipinski definition) is 2. The second kappa shape index (κ2) is 6.55. The zero-order valence-corrected chi connectivity index (χ0v) is 11.5. The van der Waals surface area contributed by atoms with Crippen molar-refractivity contribution in [3.05, 3.63) is 29.8 Å². The minimum atomic E-state index is -0.920. The minimum Gasteiger partial charge on any atom is -0.465 e. The predicted molar refractivity (Wildman–Crippen MR) is 73.4 cm³/mol.